The molecule has 0 saturated heterocycles. The van der Waals surface area contributed by atoms with Crippen LogP contribution in [0, 0.1) is 0 Å². The SMILES string of the molecule is CN1C=CN(Cc2ccc(N=C=O)cc2)C1. The van der Waals surface area contributed by atoms with Crippen molar-refractivity contribution >= 4 is 11.8 Å². The number of benzene rings is 1. The average Bonchev–Trinajstić information content (AvgIpc) is 2.67. The summed E-state index contributed by atoms with van der Waals surface area (Å²) in [6.07, 6.45) is 5.64. The van der Waals surface area contributed by atoms with Crippen molar-refractivity contribution in [2.45, 2.75) is 6.54 Å². The van der Waals surface area contributed by atoms with Crippen molar-refractivity contribution in [2.24, 2.45) is 4.99 Å². The fourth-order valence-electron chi connectivity index (χ4n) is 1.65. The minimum absolute atomic E-state index is 0.646. The molecule has 1 aliphatic rings. The van der Waals surface area contributed by atoms with E-state index in [0.29, 0.717) is 5.69 Å². The maximum absolute atomic E-state index is 10.1. The van der Waals surface area contributed by atoms with Gasteiger partial charge in [0.1, 0.15) is 0 Å². The summed E-state index contributed by atoms with van der Waals surface area (Å²) in [4.78, 5) is 17.9. The van der Waals surface area contributed by atoms with E-state index >= 15 is 0 Å². The molecular weight excluding hydrogens is 202 g/mol. The molecule has 2 rings (SSSR count). The van der Waals surface area contributed by atoms with Crippen LogP contribution in [0.25, 0.3) is 0 Å². The summed E-state index contributed by atoms with van der Waals surface area (Å²) in [6.45, 7) is 1.78. The maximum Gasteiger partial charge on any atom is 0.240 e. The molecule has 0 fully saturated rings. The normalized spacial score (nSPS) is 14.1. The van der Waals surface area contributed by atoms with E-state index in [0.717, 1.165) is 13.2 Å². The lowest BCUT2D eigenvalue weighted by Crippen LogP contribution is -2.21. The molecule has 1 heterocycles. The van der Waals surface area contributed by atoms with Crippen LogP contribution in [0.5, 0.6) is 0 Å². The first-order valence-corrected chi connectivity index (χ1v) is 5.07. The molecule has 0 atom stereocenters. The minimum atomic E-state index is 0.646. The van der Waals surface area contributed by atoms with E-state index in [4.69, 9.17) is 0 Å². The third-order valence-electron chi connectivity index (χ3n) is 2.43. The van der Waals surface area contributed by atoms with Gasteiger partial charge in [0, 0.05) is 26.0 Å². The molecular formula is C12H13N3O. The van der Waals surface area contributed by atoms with Gasteiger partial charge in [0.2, 0.25) is 6.08 Å². The van der Waals surface area contributed by atoms with Crippen LogP contribution in [-0.4, -0.2) is 29.6 Å². The molecule has 0 saturated carbocycles. The van der Waals surface area contributed by atoms with Gasteiger partial charge >= 0.3 is 0 Å². The first-order chi connectivity index (χ1) is 7.78. The predicted octanol–water partition coefficient (Wildman–Crippen LogP) is 1.83. The van der Waals surface area contributed by atoms with Crippen LogP contribution in [0.2, 0.25) is 0 Å². The Hall–Kier alpha value is -2.06. The van der Waals surface area contributed by atoms with E-state index in [9.17, 15) is 4.79 Å². The third-order valence-corrected chi connectivity index (χ3v) is 2.43. The molecule has 1 aromatic rings. The molecule has 16 heavy (non-hydrogen) atoms. The van der Waals surface area contributed by atoms with Crippen LogP contribution >= 0.6 is 0 Å². The first kappa shape index (κ1) is 10.5. The van der Waals surface area contributed by atoms with Crippen molar-refractivity contribution in [2.75, 3.05) is 13.7 Å². The third kappa shape index (κ3) is 2.49. The van der Waals surface area contributed by atoms with Gasteiger partial charge in [-0.2, -0.15) is 4.99 Å². The number of hydrogen-bond acceptors (Lipinski definition) is 4. The van der Waals surface area contributed by atoms with Gasteiger partial charge in [-0.1, -0.05) is 12.1 Å². The zero-order valence-electron chi connectivity index (χ0n) is 9.13. The molecule has 4 heteroatoms. The molecule has 0 bridgehead atoms. The van der Waals surface area contributed by atoms with Crippen molar-refractivity contribution in [1.29, 1.82) is 0 Å². The molecule has 0 aromatic heterocycles. The minimum Gasteiger partial charge on any atom is -0.362 e. The molecule has 1 aliphatic heterocycles. The van der Waals surface area contributed by atoms with Gasteiger partial charge in [-0.05, 0) is 17.7 Å². The lowest BCUT2D eigenvalue weighted by molar-refractivity contribution is 0.291. The molecule has 0 aliphatic carbocycles. The predicted molar refractivity (Wildman–Crippen MR) is 61.5 cm³/mol. The van der Waals surface area contributed by atoms with Crippen LogP contribution in [0.4, 0.5) is 5.69 Å². The van der Waals surface area contributed by atoms with Crippen molar-refractivity contribution in [3.8, 4) is 0 Å². The molecule has 4 nitrogen and oxygen atoms in total. The van der Waals surface area contributed by atoms with E-state index in [-0.39, 0.29) is 0 Å². The summed E-state index contributed by atoms with van der Waals surface area (Å²) in [5.41, 5.74) is 1.85. The molecule has 1 aromatic carbocycles. The van der Waals surface area contributed by atoms with Crippen molar-refractivity contribution in [1.82, 2.24) is 9.80 Å². The quantitative estimate of drug-likeness (QED) is 0.570. The largest absolute Gasteiger partial charge is 0.362 e. The molecule has 0 amide bonds. The van der Waals surface area contributed by atoms with E-state index in [2.05, 4.69) is 21.0 Å². The average molecular weight is 215 g/mol. The Morgan fingerprint density at radius 2 is 2.06 bits per heavy atom. The van der Waals surface area contributed by atoms with Crippen LogP contribution in [0.1, 0.15) is 5.56 Å². The zero-order valence-corrected chi connectivity index (χ0v) is 9.13. The fourth-order valence-corrected chi connectivity index (χ4v) is 1.65. The van der Waals surface area contributed by atoms with Gasteiger partial charge in [-0.25, -0.2) is 4.79 Å². The molecule has 0 spiro atoms. The van der Waals surface area contributed by atoms with E-state index in [1.165, 1.54) is 11.6 Å². The molecule has 0 unspecified atom stereocenters. The monoisotopic (exact) mass is 215 g/mol. The molecule has 0 radical (unpaired) electrons. The van der Waals surface area contributed by atoms with Gasteiger partial charge in [-0.15, -0.1) is 0 Å². The topological polar surface area (TPSA) is 35.9 Å². The highest BCUT2D eigenvalue weighted by Crippen LogP contribution is 2.15. The summed E-state index contributed by atoms with van der Waals surface area (Å²) in [5, 5.41) is 0. The second kappa shape index (κ2) is 4.64. The fraction of sp³-hybridized carbons (Fsp3) is 0.250. The van der Waals surface area contributed by atoms with Gasteiger partial charge in [0.05, 0.1) is 12.4 Å². The number of isocyanates is 1. The smallest absolute Gasteiger partial charge is 0.240 e. The van der Waals surface area contributed by atoms with Gasteiger partial charge in [-0.3, -0.25) is 0 Å². The van der Waals surface area contributed by atoms with Gasteiger partial charge in [0.25, 0.3) is 0 Å². The Balaban J connectivity index is 2.00. The second-order valence-electron chi connectivity index (χ2n) is 3.81. The summed E-state index contributed by atoms with van der Waals surface area (Å²) in [5.74, 6) is 0. The van der Waals surface area contributed by atoms with Gasteiger partial charge in [0.15, 0.2) is 0 Å². The number of rotatable bonds is 3. The maximum atomic E-state index is 10.1. The Kier molecular flexibility index (Phi) is 3.03. The van der Waals surface area contributed by atoms with Crippen LogP contribution in [0.3, 0.4) is 0 Å². The van der Waals surface area contributed by atoms with E-state index in [1.807, 2.05) is 37.5 Å². The molecule has 82 valence electrons. The Labute approximate surface area is 94.5 Å². The lowest BCUT2D eigenvalue weighted by Gasteiger charge is -2.17. The van der Waals surface area contributed by atoms with Crippen LogP contribution in [-0.2, 0) is 11.3 Å². The number of nitrogens with zero attached hydrogens (tertiary/aromatic N) is 3. The summed E-state index contributed by atoms with van der Waals surface area (Å²) < 4.78 is 0. The highest BCUT2D eigenvalue weighted by atomic mass is 16.1. The highest BCUT2D eigenvalue weighted by Gasteiger charge is 2.08. The number of carbonyl (C=O) groups excluding carboxylic acids is 1. The lowest BCUT2D eigenvalue weighted by atomic mass is 10.2. The highest BCUT2D eigenvalue weighted by molar-refractivity contribution is 5.49. The number of hydrogen-bond donors (Lipinski definition) is 0. The summed E-state index contributed by atoms with van der Waals surface area (Å²) in [6, 6.07) is 7.60. The Morgan fingerprint density at radius 3 is 2.62 bits per heavy atom. The standard InChI is InChI=1S/C12H13N3O/c1-14-6-7-15(10-14)8-11-2-4-12(5-3-11)13-9-16/h2-7H,8,10H2,1H3. The van der Waals surface area contributed by atoms with Crippen molar-refractivity contribution in [3.63, 3.8) is 0 Å². The van der Waals surface area contributed by atoms with Crippen LogP contribution in [0.15, 0.2) is 41.7 Å². The Morgan fingerprint density at radius 1 is 1.31 bits per heavy atom. The second-order valence-corrected chi connectivity index (χ2v) is 3.81. The summed E-state index contributed by atoms with van der Waals surface area (Å²) in [7, 11) is 2.04. The van der Waals surface area contributed by atoms with Crippen molar-refractivity contribution < 1.29 is 4.79 Å². The van der Waals surface area contributed by atoms with E-state index < -0.39 is 0 Å². The Bertz CT molecular complexity index is 432. The summed E-state index contributed by atoms with van der Waals surface area (Å²) >= 11 is 0. The van der Waals surface area contributed by atoms with E-state index in [1.54, 1.807) is 0 Å². The molecule has 0 N–H and O–H groups in total. The van der Waals surface area contributed by atoms with Crippen molar-refractivity contribution in [3.05, 3.63) is 42.2 Å². The number of aliphatic imine (C=N–C) groups is 1. The zero-order chi connectivity index (χ0) is 11.4. The van der Waals surface area contributed by atoms with Gasteiger partial charge < -0.3 is 9.80 Å². The van der Waals surface area contributed by atoms with Crippen LogP contribution < -0.4 is 0 Å². The first-order valence-electron chi connectivity index (χ1n) is 5.07.